The third-order valence-corrected chi connectivity index (χ3v) is 8.24. The van der Waals surface area contributed by atoms with Gasteiger partial charge in [0.05, 0.1) is 16.8 Å². The van der Waals surface area contributed by atoms with Gasteiger partial charge in [-0.1, -0.05) is 53.2 Å². The second kappa shape index (κ2) is 12.7. The van der Waals surface area contributed by atoms with Gasteiger partial charge in [-0.15, -0.1) is 11.3 Å². The Morgan fingerprint density at radius 2 is 2.06 bits per heavy atom. The van der Waals surface area contributed by atoms with Crippen LogP contribution in [0.5, 0.6) is 0 Å². The number of rotatable bonds is 10. The first kappa shape index (κ1) is 26.6. The van der Waals surface area contributed by atoms with Crippen molar-refractivity contribution in [1.82, 2.24) is 15.3 Å². The van der Waals surface area contributed by atoms with Crippen molar-refractivity contribution in [1.29, 1.82) is 0 Å². The highest BCUT2D eigenvalue weighted by atomic mass is 35.5. The second-order valence-corrected chi connectivity index (χ2v) is 11.1. The maximum atomic E-state index is 13.3. The normalized spacial score (nSPS) is 12.8. The van der Waals surface area contributed by atoms with E-state index in [0.717, 1.165) is 48.1 Å². The third-order valence-electron chi connectivity index (χ3n) is 5.82. The van der Waals surface area contributed by atoms with Crippen molar-refractivity contribution in [2.45, 2.75) is 49.9 Å². The molecule has 0 unspecified atom stereocenters. The Hall–Kier alpha value is -2.46. The first-order chi connectivity index (χ1) is 17.5. The van der Waals surface area contributed by atoms with Crippen LogP contribution in [0.25, 0.3) is 0 Å². The molecular formula is C26H29ClN4O3S2. The molecule has 36 heavy (non-hydrogen) atoms. The standard InChI is InChI=1S/C26H29ClN4O3S2/c1-16-7-5-8-17(13-16)15-35-26-29-14-19(27)22(30-26)24(33)31-25-21(23(32)28-11-6-12-34-2)18-9-3-4-10-20(18)36-25/h5,7-8,13-14H,3-4,6,9-12,15H2,1-2H3,(H,28,32)(H,31,33). The van der Waals surface area contributed by atoms with Crippen LogP contribution >= 0.6 is 34.7 Å². The van der Waals surface area contributed by atoms with Gasteiger partial charge in [0.15, 0.2) is 10.9 Å². The average Bonchev–Trinajstić information content (AvgIpc) is 3.24. The summed E-state index contributed by atoms with van der Waals surface area (Å²) < 4.78 is 5.07. The Morgan fingerprint density at radius 1 is 1.22 bits per heavy atom. The molecule has 1 aromatic carbocycles. The van der Waals surface area contributed by atoms with Crippen LogP contribution in [0.3, 0.4) is 0 Å². The molecule has 1 aliphatic rings. The van der Waals surface area contributed by atoms with Crippen LogP contribution in [0.2, 0.25) is 5.02 Å². The minimum atomic E-state index is -0.452. The van der Waals surface area contributed by atoms with E-state index in [4.69, 9.17) is 16.3 Å². The first-order valence-electron chi connectivity index (χ1n) is 11.9. The molecule has 190 valence electrons. The highest BCUT2D eigenvalue weighted by Crippen LogP contribution is 2.38. The zero-order valence-electron chi connectivity index (χ0n) is 20.4. The minimum Gasteiger partial charge on any atom is -0.385 e. The lowest BCUT2D eigenvalue weighted by Crippen LogP contribution is -2.27. The summed E-state index contributed by atoms with van der Waals surface area (Å²) in [4.78, 5) is 36.2. The quantitative estimate of drug-likeness (QED) is 0.193. The number of aryl methyl sites for hydroxylation is 2. The molecule has 1 aliphatic carbocycles. The third kappa shape index (κ3) is 6.64. The van der Waals surface area contributed by atoms with E-state index in [-0.39, 0.29) is 16.6 Å². The number of thioether (sulfide) groups is 1. The number of amides is 2. The van der Waals surface area contributed by atoms with E-state index in [0.29, 0.717) is 34.6 Å². The Morgan fingerprint density at radius 3 is 2.86 bits per heavy atom. The molecular weight excluding hydrogens is 516 g/mol. The molecule has 10 heteroatoms. The van der Waals surface area contributed by atoms with Gasteiger partial charge in [0.2, 0.25) is 0 Å². The maximum absolute atomic E-state index is 13.3. The molecule has 2 N–H and O–H groups in total. The molecule has 0 aliphatic heterocycles. The zero-order chi connectivity index (χ0) is 25.5. The zero-order valence-corrected chi connectivity index (χ0v) is 22.7. The van der Waals surface area contributed by atoms with Crippen molar-refractivity contribution in [2.75, 3.05) is 25.6 Å². The number of hydrogen-bond acceptors (Lipinski definition) is 7. The van der Waals surface area contributed by atoms with Crippen molar-refractivity contribution in [3.63, 3.8) is 0 Å². The average molecular weight is 545 g/mol. The number of benzene rings is 1. The van der Waals surface area contributed by atoms with Gasteiger partial charge < -0.3 is 15.4 Å². The highest BCUT2D eigenvalue weighted by Gasteiger charge is 2.27. The highest BCUT2D eigenvalue weighted by molar-refractivity contribution is 7.98. The predicted molar refractivity (Wildman–Crippen MR) is 146 cm³/mol. The molecule has 4 rings (SSSR count). The van der Waals surface area contributed by atoms with Gasteiger partial charge in [0.25, 0.3) is 11.8 Å². The van der Waals surface area contributed by atoms with Crippen molar-refractivity contribution < 1.29 is 14.3 Å². The summed E-state index contributed by atoms with van der Waals surface area (Å²) in [6, 6.07) is 8.21. The number of ether oxygens (including phenoxy) is 1. The number of hydrogen-bond donors (Lipinski definition) is 2. The van der Waals surface area contributed by atoms with Crippen LogP contribution in [-0.4, -0.2) is 42.0 Å². The van der Waals surface area contributed by atoms with Gasteiger partial charge >= 0.3 is 0 Å². The van der Waals surface area contributed by atoms with Gasteiger partial charge in [-0.3, -0.25) is 9.59 Å². The van der Waals surface area contributed by atoms with Crippen LogP contribution in [0.4, 0.5) is 5.00 Å². The van der Waals surface area contributed by atoms with E-state index in [1.807, 2.05) is 25.1 Å². The minimum absolute atomic E-state index is 0.0937. The molecule has 3 aromatic rings. The largest absolute Gasteiger partial charge is 0.385 e. The number of thiophene rings is 1. The molecule has 0 bridgehead atoms. The fraction of sp³-hybridized carbons (Fsp3) is 0.385. The Bertz CT molecular complexity index is 1250. The van der Waals surface area contributed by atoms with Gasteiger partial charge in [-0.2, -0.15) is 0 Å². The number of nitrogens with one attached hydrogen (secondary N) is 2. The molecule has 0 radical (unpaired) electrons. The van der Waals surface area contributed by atoms with Crippen LogP contribution in [0.1, 0.15) is 61.7 Å². The van der Waals surface area contributed by atoms with Crippen molar-refractivity contribution in [3.8, 4) is 0 Å². The fourth-order valence-electron chi connectivity index (χ4n) is 4.09. The van der Waals surface area contributed by atoms with Crippen molar-refractivity contribution in [3.05, 3.63) is 68.3 Å². The monoisotopic (exact) mass is 544 g/mol. The van der Waals surface area contributed by atoms with Gasteiger partial charge in [-0.05, 0) is 50.2 Å². The number of nitrogens with zero attached hydrogens (tertiary/aromatic N) is 2. The summed E-state index contributed by atoms with van der Waals surface area (Å²) in [6.45, 7) is 3.12. The lowest BCUT2D eigenvalue weighted by Gasteiger charge is -2.13. The summed E-state index contributed by atoms with van der Waals surface area (Å²) in [5, 5.41) is 7.06. The number of methoxy groups -OCH3 is 1. The first-order valence-corrected chi connectivity index (χ1v) is 14.1. The number of carbonyl (C=O) groups is 2. The van der Waals surface area contributed by atoms with E-state index in [1.165, 1.54) is 34.9 Å². The van der Waals surface area contributed by atoms with Crippen LogP contribution < -0.4 is 10.6 Å². The van der Waals surface area contributed by atoms with Crippen molar-refractivity contribution in [2.24, 2.45) is 0 Å². The number of anilines is 1. The molecule has 2 amide bonds. The van der Waals surface area contributed by atoms with Gasteiger partial charge in [0.1, 0.15) is 5.00 Å². The fourth-order valence-corrected chi connectivity index (χ4v) is 6.31. The maximum Gasteiger partial charge on any atom is 0.276 e. The molecule has 7 nitrogen and oxygen atoms in total. The van der Waals surface area contributed by atoms with E-state index >= 15 is 0 Å². The summed E-state index contributed by atoms with van der Waals surface area (Å²) in [7, 11) is 1.63. The SMILES string of the molecule is COCCCNC(=O)c1c(NC(=O)c2nc(SCc3cccc(C)c3)ncc2Cl)sc2c1CCCC2. The summed E-state index contributed by atoms with van der Waals surface area (Å²) in [6.07, 6.45) is 6.01. The van der Waals surface area contributed by atoms with Crippen molar-refractivity contribution >= 4 is 51.5 Å². The molecule has 0 atom stereocenters. The molecule has 0 saturated heterocycles. The Balaban J connectivity index is 1.52. The predicted octanol–water partition coefficient (Wildman–Crippen LogP) is 5.69. The Kier molecular flexibility index (Phi) is 9.36. The molecule has 2 heterocycles. The lowest BCUT2D eigenvalue weighted by atomic mass is 9.95. The lowest BCUT2D eigenvalue weighted by molar-refractivity contribution is 0.0948. The van der Waals surface area contributed by atoms with E-state index in [1.54, 1.807) is 7.11 Å². The second-order valence-electron chi connectivity index (χ2n) is 8.60. The summed E-state index contributed by atoms with van der Waals surface area (Å²) >= 11 is 9.22. The van der Waals surface area contributed by atoms with Gasteiger partial charge in [0, 0.05) is 30.9 Å². The summed E-state index contributed by atoms with van der Waals surface area (Å²) in [5.41, 5.74) is 4.02. The number of fused-ring (bicyclic) bond motifs is 1. The van der Waals surface area contributed by atoms with Crippen LogP contribution in [-0.2, 0) is 23.3 Å². The molecule has 0 spiro atoms. The van der Waals surface area contributed by atoms with Crippen LogP contribution in [0.15, 0.2) is 35.6 Å². The summed E-state index contributed by atoms with van der Waals surface area (Å²) in [5.74, 6) is 0.0471. The molecule has 2 aromatic heterocycles. The number of aromatic nitrogens is 2. The van der Waals surface area contributed by atoms with Gasteiger partial charge in [-0.25, -0.2) is 9.97 Å². The topological polar surface area (TPSA) is 93.2 Å². The van der Waals surface area contributed by atoms with E-state index in [2.05, 4.69) is 26.7 Å². The van der Waals surface area contributed by atoms with E-state index in [9.17, 15) is 9.59 Å². The Labute approximate surface area is 224 Å². The smallest absolute Gasteiger partial charge is 0.276 e. The van der Waals surface area contributed by atoms with E-state index < -0.39 is 5.91 Å². The number of halogens is 1. The number of carbonyl (C=O) groups excluding carboxylic acids is 2. The molecule has 0 saturated carbocycles. The molecule has 0 fully saturated rings. The van der Waals surface area contributed by atoms with Crippen LogP contribution in [0, 0.1) is 6.92 Å².